The first-order valence-electron chi connectivity index (χ1n) is 8.77. The fourth-order valence-corrected chi connectivity index (χ4v) is 3.63. The zero-order valence-corrected chi connectivity index (χ0v) is 14.9. The van der Waals surface area contributed by atoms with Crippen molar-refractivity contribution < 1.29 is 9.59 Å². The van der Waals surface area contributed by atoms with Crippen LogP contribution in [-0.4, -0.2) is 45.2 Å². The summed E-state index contributed by atoms with van der Waals surface area (Å²) in [4.78, 5) is 26.3. The van der Waals surface area contributed by atoms with E-state index in [1.807, 2.05) is 37.4 Å². The molecule has 1 saturated carbocycles. The second kappa shape index (κ2) is 6.45. The highest BCUT2D eigenvalue weighted by Crippen LogP contribution is 2.30. The molecule has 2 heterocycles. The van der Waals surface area contributed by atoms with Gasteiger partial charge in [-0.3, -0.25) is 9.48 Å². The lowest BCUT2D eigenvalue weighted by molar-refractivity contribution is -0.128. The van der Waals surface area contributed by atoms with Gasteiger partial charge in [0.25, 0.3) is 0 Å². The Morgan fingerprint density at radius 1 is 1.38 bits per heavy atom. The van der Waals surface area contributed by atoms with Crippen LogP contribution in [-0.2, 0) is 11.8 Å². The first-order valence-corrected chi connectivity index (χ1v) is 8.77. The van der Waals surface area contributed by atoms with E-state index in [9.17, 15) is 9.59 Å². The van der Waals surface area contributed by atoms with E-state index < -0.39 is 0 Å². The molecule has 7 heteroatoms. The third-order valence-electron chi connectivity index (χ3n) is 5.11. The standard InChI is InChI=1S/C17H27N5O2/c1-5-14(16-10(2)20-21(4)11(16)3)19-17(24)18-12-8-15(23)22(9-12)13-6-7-13/h12-14H,5-9H2,1-4H3,(H2,18,19,24)/t12-,14+/m0/s1. The number of nitrogens with zero attached hydrogens (tertiary/aromatic N) is 3. The van der Waals surface area contributed by atoms with Crippen LogP contribution in [0.2, 0.25) is 0 Å². The molecule has 1 aromatic rings. The SMILES string of the molecule is CC[C@@H](NC(=O)N[C@H]1CC(=O)N(C2CC2)C1)c1c(C)nn(C)c1C. The van der Waals surface area contributed by atoms with Gasteiger partial charge in [-0.05, 0) is 33.1 Å². The van der Waals surface area contributed by atoms with Crippen molar-refractivity contribution in [2.24, 2.45) is 7.05 Å². The monoisotopic (exact) mass is 333 g/mol. The first kappa shape index (κ1) is 16.8. The fraction of sp³-hybridized carbons (Fsp3) is 0.706. The lowest BCUT2D eigenvalue weighted by Crippen LogP contribution is -2.44. The Hall–Kier alpha value is -2.05. The molecule has 132 valence electrons. The molecule has 0 aromatic carbocycles. The van der Waals surface area contributed by atoms with Crippen molar-refractivity contribution in [3.63, 3.8) is 0 Å². The maximum atomic E-state index is 12.4. The van der Waals surface area contributed by atoms with Crippen LogP contribution >= 0.6 is 0 Å². The molecule has 2 aliphatic rings. The summed E-state index contributed by atoms with van der Waals surface area (Å²) in [6, 6.07) is 0.0402. The minimum absolute atomic E-state index is 0.0738. The van der Waals surface area contributed by atoms with Crippen molar-refractivity contribution >= 4 is 11.9 Å². The summed E-state index contributed by atoms with van der Waals surface area (Å²) in [5.41, 5.74) is 3.09. The van der Waals surface area contributed by atoms with Gasteiger partial charge in [0.05, 0.1) is 17.8 Å². The van der Waals surface area contributed by atoms with Crippen LogP contribution in [0.4, 0.5) is 4.79 Å². The lowest BCUT2D eigenvalue weighted by Gasteiger charge is -2.21. The Morgan fingerprint density at radius 3 is 2.62 bits per heavy atom. The van der Waals surface area contributed by atoms with Crippen molar-refractivity contribution in [2.45, 2.75) is 64.6 Å². The summed E-state index contributed by atoms with van der Waals surface area (Å²) in [6.07, 6.45) is 3.40. The highest BCUT2D eigenvalue weighted by atomic mass is 16.2. The number of hydrogen-bond donors (Lipinski definition) is 2. The number of nitrogens with one attached hydrogen (secondary N) is 2. The normalized spacial score (nSPS) is 21.9. The van der Waals surface area contributed by atoms with Gasteiger partial charge < -0.3 is 15.5 Å². The lowest BCUT2D eigenvalue weighted by atomic mass is 10.0. The van der Waals surface area contributed by atoms with Crippen molar-refractivity contribution in [2.75, 3.05) is 6.54 Å². The molecule has 3 amide bonds. The zero-order valence-electron chi connectivity index (χ0n) is 14.9. The Labute approximate surface area is 142 Å². The molecule has 1 aromatic heterocycles. The van der Waals surface area contributed by atoms with Crippen molar-refractivity contribution in [3.05, 3.63) is 17.0 Å². The van der Waals surface area contributed by atoms with Crippen LogP contribution in [0.5, 0.6) is 0 Å². The van der Waals surface area contributed by atoms with Crippen LogP contribution < -0.4 is 10.6 Å². The van der Waals surface area contributed by atoms with Crippen LogP contribution in [0.15, 0.2) is 0 Å². The molecule has 0 spiro atoms. The average Bonchev–Trinajstić information content (AvgIpc) is 3.25. The van der Waals surface area contributed by atoms with E-state index in [1.165, 1.54) is 0 Å². The van der Waals surface area contributed by atoms with E-state index in [0.29, 0.717) is 19.0 Å². The van der Waals surface area contributed by atoms with Crippen LogP contribution in [0.3, 0.4) is 0 Å². The summed E-state index contributed by atoms with van der Waals surface area (Å²) in [7, 11) is 1.91. The number of aryl methyl sites for hydroxylation is 2. The molecule has 2 N–H and O–H groups in total. The molecule has 3 rings (SSSR count). The molecule has 2 fully saturated rings. The molecule has 2 atom stereocenters. The average molecular weight is 333 g/mol. The Balaban J connectivity index is 1.60. The van der Waals surface area contributed by atoms with Crippen LogP contribution in [0, 0.1) is 13.8 Å². The van der Waals surface area contributed by atoms with Gasteiger partial charge in [-0.25, -0.2) is 4.79 Å². The number of carbonyl (C=O) groups excluding carboxylic acids is 2. The highest BCUT2D eigenvalue weighted by Gasteiger charge is 2.39. The zero-order chi connectivity index (χ0) is 17.4. The summed E-state index contributed by atoms with van der Waals surface area (Å²) in [5, 5.41) is 10.4. The van der Waals surface area contributed by atoms with Crippen LogP contribution in [0.1, 0.15) is 55.6 Å². The summed E-state index contributed by atoms with van der Waals surface area (Å²) in [6.45, 7) is 6.66. The maximum Gasteiger partial charge on any atom is 0.315 e. The van der Waals surface area contributed by atoms with Crippen molar-refractivity contribution in [1.29, 1.82) is 0 Å². The predicted octanol–water partition coefficient (Wildman–Crippen LogP) is 1.55. The third-order valence-corrected chi connectivity index (χ3v) is 5.11. The largest absolute Gasteiger partial charge is 0.338 e. The highest BCUT2D eigenvalue weighted by molar-refractivity contribution is 5.82. The molecule has 7 nitrogen and oxygen atoms in total. The molecule has 0 radical (unpaired) electrons. The number of rotatable bonds is 5. The first-order chi connectivity index (χ1) is 11.4. The van der Waals surface area contributed by atoms with Crippen molar-refractivity contribution in [3.8, 4) is 0 Å². The molecule has 0 bridgehead atoms. The van der Waals surface area contributed by atoms with Crippen molar-refractivity contribution in [1.82, 2.24) is 25.3 Å². The van der Waals surface area contributed by atoms with Gasteiger partial charge in [0.15, 0.2) is 0 Å². The number of hydrogen-bond acceptors (Lipinski definition) is 3. The summed E-state index contributed by atoms with van der Waals surface area (Å²) in [5.74, 6) is 0.161. The molecule has 1 aliphatic carbocycles. The van der Waals surface area contributed by atoms with Gasteiger partial charge in [0.1, 0.15) is 0 Å². The summed E-state index contributed by atoms with van der Waals surface area (Å²) < 4.78 is 1.84. The van der Waals surface area contributed by atoms with Gasteiger partial charge in [-0.1, -0.05) is 6.92 Å². The quantitative estimate of drug-likeness (QED) is 0.858. The maximum absolute atomic E-state index is 12.4. The minimum atomic E-state index is -0.208. The number of carbonyl (C=O) groups is 2. The van der Waals surface area contributed by atoms with E-state index in [-0.39, 0.29) is 24.0 Å². The van der Waals surface area contributed by atoms with Gasteiger partial charge >= 0.3 is 6.03 Å². The van der Waals surface area contributed by atoms with Gasteiger partial charge in [-0.2, -0.15) is 5.10 Å². The smallest absolute Gasteiger partial charge is 0.315 e. The molecular formula is C17H27N5O2. The number of amides is 3. The van der Waals surface area contributed by atoms with E-state index >= 15 is 0 Å². The van der Waals surface area contributed by atoms with E-state index in [1.54, 1.807) is 0 Å². The number of urea groups is 1. The minimum Gasteiger partial charge on any atom is -0.338 e. The summed E-state index contributed by atoms with van der Waals surface area (Å²) >= 11 is 0. The molecular weight excluding hydrogens is 306 g/mol. The molecule has 1 saturated heterocycles. The molecule has 24 heavy (non-hydrogen) atoms. The Morgan fingerprint density at radius 2 is 2.08 bits per heavy atom. The van der Waals surface area contributed by atoms with E-state index in [4.69, 9.17) is 0 Å². The van der Waals surface area contributed by atoms with Gasteiger partial charge in [0, 0.05) is 37.3 Å². The topological polar surface area (TPSA) is 79.3 Å². The van der Waals surface area contributed by atoms with Gasteiger partial charge in [-0.15, -0.1) is 0 Å². The number of aromatic nitrogens is 2. The van der Waals surface area contributed by atoms with Crippen LogP contribution in [0.25, 0.3) is 0 Å². The molecule has 0 unspecified atom stereocenters. The Bertz CT molecular complexity index is 650. The second-order valence-corrected chi connectivity index (χ2v) is 6.97. The Kier molecular flexibility index (Phi) is 4.51. The number of likely N-dealkylation sites (tertiary alicyclic amines) is 1. The fourth-order valence-electron chi connectivity index (χ4n) is 3.63. The molecule has 1 aliphatic heterocycles. The third kappa shape index (κ3) is 3.25. The predicted molar refractivity (Wildman–Crippen MR) is 90.5 cm³/mol. The van der Waals surface area contributed by atoms with E-state index in [2.05, 4.69) is 15.7 Å². The second-order valence-electron chi connectivity index (χ2n) is 6.97. The van der Waals surface area contributed by atoms with Gasteiger partial charge in [0.2, 0.25) is 5.91 Å². The van der Waals surface area contributed by atoms with E-state index in [0.717, 1.165) is 36.2 Å².